The van der Waals surface area contributed by atoms with Crippen molar-refractivity contribution in [2.24, 2.45) is 0 Å². The van der Waals surface area contributed by atoms with Gasteiger partial charge in [0.25, 0.3) is 5.91 Å². The zero-order chi connectivity index (χ0) is 15.6. The standard InChI is InChI=1S/C14H12BrF2N3O/c1-19-14(21)7-2-3-11(18)12(4-7)20-13-9(16)5-8(15)6-10(13)17/h2-6,20H,18H2,1H3,(H,19,21). The van der Waals surface area contributed by atoms with Crippen LogP contribution in [0.25, 0.3) is 0 Å². The van der Waals surface area contributed by atoms with Crippen LogP contribution in [-0.2, 0) is 0 Å². The van der Waals surface area contributed by atoms with Gasteiger partial charge in [-0.15, -0.1) is 0 Å². The Balaban J connectivity index is 2.42. The van der Waals surface area contributed by atoms with Gasteiger partial charge < -0.3 is 16.4 Å². The number of halogens is 3. The van der Waals surface area contributed by atoms with Crippen molar-refractivity contribution in [2.75, 3.05) is 18.1 Å². The second-order valence-corrected chi connectivity index (χ2v) is 5.17. The molecule has 110 valence electrons. The fraction of sp³-hybridized carbons (Fsp3) is 0.0714. The predicted octanol–water partition coefficient (Wildman–Crippen LogP) is 3.41. The lowest BCUT2D eigenvalue weighted by Crippen LogP contribution is -2.18. The van der Waals surface area contributed by atoms with Gasteiger partial charge in [-0.1, -0.05) is 15.9 Å². The Morgan fingerprint density at radius 3 is 2.38 bits per heavy atom. The molecule has 2 rings (SSSR count). The summed E-state index contributed by atoms with van der Waals surface area (Å²) in [5.41, 5.74) is 6.27. The van der Waals surface area contributed by atoms with Crippen LogP contribution in [0.3, 0.4) is 0 Å². The van der Waals surface area contributed by atoms with Gasteiger partial charge in [-0.25, -0.2) is 8.78 Å². The Labute approximate surface area is 128 Å². The van der Waals surface area contributed by atoms with Crippen molar-refractivity contribution in [3.05, 3.63) is 52.0 Å². The van der Waals surface area contributed by atoms with E-state index in [0.29, 0.717) is 5.56 Å². The van der Waals surface area contributed by atoms with Crippen LogP contribution in [0.1, 0.15) is 10.4 Å². The lowest BCUT2D eigenvalue weighted by Gasteiger charge is -2.12. The lowest BCUT2D eigenvalue weighted by molar-refractivity contribution is 0.0963. The third-order valence-electron chi connectivity index (χ3n) is 2.81. The number of benzene rings is 2. The Bertz CT molecular complexity index is 684. The molecule has 0 heterocycles. The molecule has 0 atom stereocenters. The molecule has 0 aliphatic rings. The zero-order valence-corrected chi connectivity index (χ0v) is 12.6. The molecule has 0 radical (unpaired) electrons. The monoisotopic (exact) mass is 355 g/mol. The molecule has 0 fully saturated rings. The third-order valence-corrected chi connectivity index (χ3v) is 3.27. The van der Waals surface area contributed by atoms with Gasteiger partial charge in [0.15, 0.2) is 11.6 Å². The highest BCUT2D eigenvalue weighted by molar-refractivity contribution is 9.10. The summed E-state index contributed by atoms with van der Waals surface area (Å²) in [6.45, 7) is 0. The van der Waals surface area contributed by atoms with E-state index >= 15 is 0 Å². The summed E-state index contributed by atoms with van der Waals surface area (Å²) in [7, 11) is 1.49. The number of amides is 1. The number of nitrogen functional groups attached to an aromatic ring is 1. The van der Waals surface area contributed by atoms with Crippen LogP contribution in [0.2, 0.25) is 0 Å². The molecule has 4 nitrogen and oxygen atoms in total. The molecule has 0 saturated carbocycles. The maximum atomic E-state index is 13.8. The molecule has 0 bridgehead atoms. The first-order chi connectivity index (χ1) is 9.92. The average Bonchev–Trinajstić information content (AvgIpc) is 2.43. The van der Waals surface area contributed by atoms with Crippen LogP contribution in [0.4, 0.5) is 25.8 Å². The number of carbonyl (C=O) groups is 1. The molecule has 2 aromatic carbocycles. The normalized spacial score (nSPS) is 10.3. The number of nitrogens with one attached hydrogen (secondary N) is 2. The van der Waals surface area contributed by atoms with Gasteiger partial charge >= 0.3 is 0 Å². The topological polar surface area (TPSA) is 67.2 Å². The summed E-state index contributed by atoms with van der Waals surface area (Å²) < 4.78 is 27.9. The maximum absolute atomic E-state index is 13.8. The second-order valence-electron chi connectivity index (χ2n) is 4.25. The molecular weight excluding hydrogens is 344 g/mol. The van der Waals surface area contributed by atoms with E-state index in [4.69, 9.17) is 5.73 Å². The van der Waals surface area contributed by atoms with Crippen molar-refractivity contribution in [3.63, 3.8) is 0 Å². The van der Waals surface area contributed by atoms with E-state index in [9.17, 15) is 13.6 Å². The van der Waals surface area contributed by atoms with Gasteiger partial charge in [0, 0.05) is 17.1 Å². The minimum atomic E-state index is -0.772. The molecule has 4 N–H and O–H groups in total. The lowest BCUT2D eigenvalue weighted by atomic mass is 10.1. The van der Waals surface area contributed by atoms with Gasteiger partial charge in [-0.05, 0) is 30.3 Å². The van der Waals surface area contributed by atoms with Crippen molar-refractivity contribution < 1.29 is 13.6 Å². The molecule has 0 spiro atoms. The number of nitrogens with two attached hydrogens (primary N) is 1. The fourth-order valence-electron chi connectivity index (χ4n) is 1.75. The Morgan fingerprint density at radius 2 is 1.81 bits per heavy atom. The predicted molar refractivity (Wildman–Crippen MR) is 81.6 cm³/mol. The zero-order valence-electron chi connectivity index (χ0n) is 11.0. The van der Waals surface area contributed by atoms with Crippen molar-refractivity contribution in [1.29, 1.82) is 0 Å². The summed E-state index contributed by atoms with van der Waals surface area (Å²) >= 11 is 3.00. The third kappa shape index (κ3) is 3.30. The summed E-state index contributed by atoms with van der Waals surface area (Å²) in [5.74, 6) is -1.87. The fourth-order valence-corrected chi connectivity index (χ4v) is 2.15. The molecule has 7 heteroatoms. The number of hydrogen-bond acceptors (Lipinski definition) is 3. The molecule has 0 saturated heterocycles. The van der Waals surface area contributed by atoms with Gasteiger partial charge in [0.05, 0.1) is 11.4 Å². The van der Waals surface area contributed by atoms with E-state index in [1.54, 1.807) is 0 Å². The van der Waals surface area contributed by atoms with E-state index < -0.39 is 11.6 Å². The molecule has 21 heavy (non-hydrogen) atoms. The first-order valence-corrected chi connectivity index (χ1v) is 6.75. The molecule has 0 aliphatic carbocycles. The highest BCUT2D eigenvalue weighted by Gasteiger charge is 2.13. The highest BCUT2D eigenvalue weighted by atomic mass is 79.9. The highest BCUT2D eigenvalue weighted by Crippen LogP contribution is 2.30. The van der Waals surface area contributed by atoms with E-state index in [1.807, 2.05) is 0 Å². The smallest absolute Gasteiger partial charge is 0.251 e. The molecule has 2 aromatic rings. The summed E-state index contributed by atoms with van der Waals surface area (Å²) in [6.07, 6.45) is 0. The molecule has 0 aliphatic heterocycles. The van der Waals surface area contributed by atoms with Crippen LogP contribution in [0.15, 0.2) is 34.8 Å². The Hall–Kier alpha value is -2.15. The number of rotatable bonds is 3. The number of anilines is 3. The minimum Gasteiger partial charge on any atom is -0.397 e. The SMILES string of the molecule is CNC(=O)c1ccc(N)c(Nc2c(F)cc(Br)cc2F)c1. The number of carbonyl (C=O) groups excluding carboxylic acids is 1. The van der Waals surface area contributed by atoms with Crippen LogP contribution in [0.5, 0.6) is 0 Å². The Morgan fingerprint density at radius 1 is 1.19 bits per heavy atom. The first kappa shape index (κ1) is 15.2. The van der Waals surface area contributed by atoms with Crippen molar-refractivity contribution in [3.8, 4) is 0 Å². The van der Waals surface area contributed by atoms with Gasteiger partial charge in [0.1, 0.15) is 5.69 Å². The van der Waals surface area contributed by atoms with Gasteiger partial charge in [-0.3, -0.25) is 4.79 Å². The molecule has 0 unspecified atom stereocenters. The van der Waals surface area contributed by atoms with Crippen molar-refractivity contribution in [2.45, 2.75) is 0 Å². The Kier molecular flexibility index (Phi) is 4.42. The van der Waals surface area contributed by atoms with Gasteiger partial charge in [-0.2, -0.15) is 0 Å². The summed E-state index contributed by atoms with van der Waals surface area (Å²) in [6, 6.07) is 6.69. The van der Waals surface area contributed by atoms with E-state index in [-0.39, 0.29) is 27.4 Å². The molecule has 1 amide bonds. The van der Waals surface area contributed by atoms with E-state index in [1.165, 1.54) is 25.2 Å². The first-order valence-electron chi connectivity index (χ1n) is 5.95. The van der Waals surface area contributed by atoms with E-state index in [2.05, 4.69) is 26.6 Å². The van der Waals surface area contributed by atoms with Crippen LogP contribution in [-0.4, -0.2) is 13.0 Å². The summed E-state index contributed by atoms with van der Waals surface area (Å²) in [4.78, 5) is 11.6. The molecular formula is C14H12BrF2N3O. The number of hydrogen-bond donors (Lipinski definition) is 3. The quantitative estimate of drug-likeness (QED) is 0.739. The summed E-state index contributed by atoms with van der Waals surface area (Å²) in [5, 5.41) is 5.04. The second kappa shape index (κ2) is 6.09. The average molecular weight is 356 g/mol. The van der Waals surface area contributed by atoms with Gasteiger partial charge in [0.2, 0.25) is 0 Å². The minimum absolute atomic E-state index is 0.247. The largest absolute Gasteiger partial charge is 0.397 e. The van der Waals surface area contributed by atoms with Crippen LogP contribution in [0, 0.1) is 11.6 Å². The van der Waals surface area contributed by atoms with Crippen LogP contribution >= 0.6 is 15.9 Å². The van der Waals surface area contributed by atoms with Crippen LogP contribution < -0.4 is 16.4 Å². The maximum Gasteiger partial charge on any atom is 0.251 e. The van der Waals surface area contributed by atoms with Crippen molar-refractivity contribution >= 4 is 38.9 Å². The van der Waals surface area contributed by atoms with E-state index in [0.717, 1.165) is 12.1 Å². The van der Waals surface area contributed by atoms with Crippen molar-refractivity contribution in [1.82, 2.24) is 5.32 Å². The molecule has 0 aromatic heterocycles.